The van der Waals surface area contributed by atoms with Crippen LogP contribution in [0.15, 0.2) is 78.2 Å². The van der Waals surface area contributed by atoms with Crippen LogP contribution in [-0.2, 0) is 4.79 Å². The van der Waals surface area contributed by atoms with E-state index in [-0.39, 0.29) is 54.4 Å². The number of rotatable bonds is 7. The number of carbonyl (C=O) groups is 2. The highest BCUT2D eigenvalue weighted by molar-refractivity contribution is 6.01. The summed E-state index contributed by atoms with van der Waals surface area (Å²) in [5, 5.41) is 13.4. The number of pyridine rings is 2. The third-order valence-electron chi connectivity index (χ3n) is 8.70. The van der Waals surface area contributed by atoms with E-state index in [1.807, 2.05) is 32.6 Å². The second-order valence-corrected chi connectivity index (χ2v) is 12.5. The first-order valence-electron chi connectivity index (χ1n) is 16.1. The molecule has 2 amide bonds. The Morgan fingerprint density at radius 3 is 2.52 bits per heavy atom. The van der Waals surface area contributed by atoms with Gasteiger partial charge in [-0.1, -0.05) is 32.6 Å². The molecular formula is C37H35F2N7O4. The number of fused-ring (bicyclic) bond motifs is 1. The first-order valence-corrected chi connectivity index (χ1v) is 16.1. The van der Waals surface area contributed by atoms with Crippen molar-refractivity contribution < 1.29 is 23.5 Å². The second kappa shape index (κ2) is 13.5. The molecule has 256 valence electrons. The summed E-state index contributed by atoms with van der Waals surface area (Å²) < 4.78 is 32.4. The molecule has 11 nitrogen and oxygen atoms in total. The number of aryl methyl sites for hydroxylation is 1. The van der Waals surface area contributed by atoms with Crippen LogP contribution in [-0.4, -0.2) is 67.0 Å². The highest BCUT2D eigenvalue weighted by Crippen LogP contribution is 2.37. The topological polar surface area (TPSA) is 134 Å². The summed E-state index contributed by atoms with van der Waals surface area (Å²) in [6, 6.07) is 12.7. The summed E-state index contributed by atoms with van der Waals surface area (Å²) in [6.45, 7) is 11.7. The molecule has 0 bridgehead atoms. The van der Waals surface area contributed by atoms with Gasteiger partial charge in [-0.2, -0.15) is 4.98 Å². The minimum Gasteiger partial charge on any atom is -0.507 e. The van der Waals surface area contributed by atoms with Gasteiger partial charge in [0, 0.05) is 43.1 Å². The van der Waals surface area contributed by atoms with Gasteiger partial charge in [0.2, 0.25) is 5.91 Å². The van der Waals surface area contributed by atoms with Crippen molar-refractivity contribution in [1.82, 2.24) is 24.4 Å². The van der Waals surface area contributed by atoms with Crippen molar-refractivity contribution in [3.63, 3.8) is 0 Å². The summed E-state index contributed by atoms with van der Waals surface area (Å²) in [4.78, 5) is 56.5. The van der Waals surface area contributed by atoms with Gasteiger partial charge >= 0.3 is 5.69 Å². The van der Waals surface area contributed by atoms with Crippen LogP contribution >= 0.6 is 0 Å². The maximum Gasteiger partial charge on any atom is 0.355 e. The Balaban J connectivity index is 1.46. The third kappa shape index (κ3) is 6.17. The van der Waals surface area contributed by atoms with Crippen LogP contribution in [0.3, 0.4) is 0 Å². The van der Waals surface area contributed by atoms with Crippen LogP contribution in [0.25, 0.3) is 28.0 Å². The van der Waals surface area contributed by atoms with Crippen LogP contribution in [0.4, 0.5) is 20.3 Å². The lowest BCUT2D eigenvalue weighted by molar-refractivity contribution is -0.111. The molecule has 1 aliphatic rings. The molecule has 0 radical (unpaired) electrons. The van der Waals surface area contributed by atoms with E-state index in [1.165, 1.54) is 16.7 Å². The molecule has 13 heteroatoms. The predicted molar refractivity (Wildman–Crippen MR) is 187 cm³/mol. The summed E-state index contributed by atoms with van der Waals surface area (Å²) in [5.74, 6) is -2.95. The monoisotopic (exact) mass is 679 g/mol. The molecule has 4 heterocycles. The minimum atomic E-state index is -0.928. The van der Waals surface area contributed by atoms with Gasteiger partial charge in [-0.15, -0.1) is 0 Å². The number of amides is 2. The standard InChI is InChI=1S/C37H35F2N7O4/c1-6-29(48)41-24-10-7-9-23(17-24)36(49)44-15-16-45(22(5)19-44)34-25-18-27(39)32(30-26(38)11-8-12-28(30)47)42-35(25)46(37(50)43-34)33-21(4)13-14-40-31(33)20(2)3/h6-14,17-18,20,22,47H,1,15-16,19H2,2-5H3,(H,41,48)/t22-/m0/s1. The number of hydrogen-bond acceptors (Lipinski definition) is 8. The zero-order valence-corrected chi connectivity index (χ0v) is 27.9. The summed E-state index contributed by atoms with van der Waals surface area (Å²) in [7, 11) is 0. The number of halogens is 2. The van der Waals surface area contributed by atoms with Crippen molar-refractivity contribution in [2.75, 3.05) is 29.9 Å². The number of aromatic nitrogens is 4. The van der Waals surface area contributed by atoms with Crippen molar-refractivity contribution in [1.29, 1.82) is 0 Å². The SMILES string of the molecule is C=CC(=O)Nc1cccc(C(=O)N2CCN(c3nc(=O)n(-c4c(C)ccnc4C(C)C)c4nc(-c5c(O)cccc5F)c(F)cc34)[C@@H](C)C2)c1. The minimum absolute atomic E-state index is 0.00106. The van der Waals surface area contributed by atoms with E-state index in [2.05, 4.69) is 26.8 Å². The van der Waals surface area contributed by atoms with Crippen molar-refractivity contribution in [3.05, 3.63) is 112 Å². The highest BCUT2D eigenvalue weighted by atomic mass is 19.1. The first kappa shape index (κ1) is 33.9. The molecule has 0 unspecified atom stereocenters. The van der Waals surface area contributed by atoms with Gasteiger partial charge in [-0.05, 0) is 73.9 Å². The molecule has 1 fully saturated rings. The molecule has 2 N–H and O–H groups in total. The molecule has 2 aromatic carbocycles. The van der Waals surface area contributed by atoms with Crippen LogP contribution in [0, 0.1) is 18.6 Å². The van der Waals surface area contributed by atoms with E-state index in [1.54, 1.807) is 41.4 Å². The maximum absolute atomic E-state index is 16.1. The van der Waals surface area contributed by atoms with Crippen molar-refractivity contribution >= 4 is 34.4 Å². The van der Waals surface area contributed by atoms with E-state index < -0.39 is 40.2 Å². The van der Waals surface area contributed by atoms with Crippen molar-refractivity contribution in [2.24, 2.45) is 0 Å². The predicted octanol–water partition coefficient (Wildman–Crippen LogP) is 5.73. The number of piperazine rings is 1. The lowest BCUT2D eigenvalue weighted by Crippen LogP contribution is -2.54. The maximum atomic E-state index is 16.1. The van der Waals surface area contributed by atoms with Crippen molar-refractivity contribution in [2.45, 2.75) is 39.7 Å². The zero-order valence-electron chi connectivity index (χ0n) is 27.9. The fourth-order valence-corrected chi connectivity index (χ4v) is 6.30. The molecule has 1 aliphatic heterocycles. The summed E-state index contributed by atoms with van der Waals surface area (Å²) in [6.07, 6.45) is 2.77. The fourth-order valence-electron chi connectivity index (χ4n) is 6.30. The average molecular weight is 680 g/mol. The number of carbonyl (C=O) groups excluding carboxylic acids is 2. The van der Waals surface area contributed by atoms with E-state index >= 15 is 8.78 Å². The van der Waals surface area contributed by atoms with Gasteiger partial charge in [0.15, 0.2) is 11.5 Å². The number of hydrogen-bond donors (Lipinski definition) is 2. The van der Waals surface area contributed by atoms with Gasteiger partial charge < -0.3 is 20.2 Å². The number of nitrogens with zero attached hydrogens (tertiary/aromatic N) is 6. The molecule has 1 saturated heterocycles. The number of phenolic OH excluding ortho intramolecular Hbond substituents is 1. The van der Waals surface area contributed by atoms with Crippen LogP contribution in [0.1, 0.15) is 48.3 Å². The van der Waals surface area contributed by atoms with E-state index in [9.17, 15) is 19.5 Å². The summed E-state index contributed by atoms with van der Waals surface area (Å²) >= 11 is 0. The average Bonchev–Trinajstić information content (AvgIpc) is 3.08. The molecule has 5 aromatic rings. The van der Waals surface area contributed by atoms with Gasteiger partial charge in [-0.25, -0.2) is 23.1 Å². The first-order chi connectivity index (χ1) is 23.9. The largest absolute Gasteiger partial charge is 0.507 e. The lowest BCUT2D eigenvalue weighted by Gasteiger charge is -2.41. The Morgan fingerprint density at radius 2 is 1.82 bits per heavy atom. The normalized spacial score (nSPS) is 14.7. The van der Waals surface area contributed by atoms with Crippen LogP contribution in [0.2, 0.25) is 0 Å². The molecule has 0 spiro atoms. The highest BCUT2D eigenvalue weighted by Gasteiger charge is 2.32. The lowest BCUT2D eigenvalue weighted by atomic mass is 10.0. The Labute approximate surface area is 286 Å². The fraction of sp³-hybridized carbons (Fsp3) is 0.243. The van der Waals surface area contributed by atoms with Crippen LogP contribution in [0.5, 0.6) is 5.75 Å². The number of nitrogens with one attached hydrogen (secondary N) is 1. The molecule has 0 aliphatic carbocycles. The smallest absolute Gasteiger partial charge is 0.355 e. The van der Waals surface area contributed by atoms with Crippen LogP contribution < -0.4 is 15.9 Å². The molecule has 6 rings (SSSR count). The van der Waals surface area contributed by atoms with Gasteiger partial charge in [0.1, 0.15) is 23.1 Å². The summed E-state index contributed by atoms with van der Waals surface area (Å²) in [5.41, 5.74) is 0.904. The quantitative estimate of drug-likeness (QED) is 0.208. The van der Waals surface area contributed by atoms with E-state index in [4.69, 9.17) is 0 Å². The molecule has 0 saturated carbocycles. The van der Waals surface area contributed by atoms with Gasteiger partial charge in [-0.3, -0.25) is 14.6 Å². The number of phenols is 1. The van der Waals surface area contributed by atoms with Gasteiger partial charge in [0.25, 0.3) is 5.91 Å². The van der Waals surface area contributed by atoms with Gasteiger partial charge in [0.05, 0.1) is 22.3 Å². The Morgan fingerprint density at radius 1 is 1.06 bits per heavy atom. The molecule has 1 atom stereocenters. The third-order valence-corrected chi connectivity index (χ3v) is 8.70. The molecule has 50 heavy (non-hydrogen) atoms. The number of anilines is 2. The Bertz CT molecular complexity index is 2220. The van der Waals surface area contributed by atoms with E-state index in [0.717, 1.165) is 18.2 Å². The Hall–Kier alpha value is -5.98. The zero-order chi connectivity index (χ0) is 35.9. The van der Waals surface area contributed by atoms with Crippen molar-refractivity contribution in [3.8, 4) is 22.7 Å². The van der Waals surface area contributed by atoms with E-state index in [0.29, 0.717) is 28.2 Å². The number of benzene rings is 2. The molecular weight excluding hydrogens is 644 g/mol. The Kier molecular flexibility index (Phi) is 9.15. The second-order valence-electron chi connectivity index (χ2n) is 12.5. The molecule has 3 aromatic heterocycles. The number of aromatic hydroxyl groups is 1.